The number of primary amides is 1. The van der Waals surface area contributed by atoms with Crippen molar-refractivity contribution >= 4 is 17.6 Å². The third-order valence-electron chi connectivity index (χ3n) is 2.18. The molecule has 0 aliphatic carbocycles. The van der Waals surface area contributed by atoms with Gasteiger partial charge in [0.1, 0.15) is 0 Å². The van der Waals surface area contributed by atoms with Crippen LogP contribution in [0, 0.1) is 18.8 Å². The fraction of sp³-hybridized carbons (Fsp3) is 0.167. The molecule has 88 valence electrons. The molecule has 17 heavy (non-hydrogen) atoms. The van der Waals surface area contributed by atoms with Gasteiger partial charge in [0.05, 0.1) is 12.7 Å². The quantitative estimate of drug-likeness (QED) is 0.410. The molecule has 1 aromatic carbocycles. The molecule has 1 rings (SSSR count). The molecule has 0 atom stereocenters. The molecule has 0 aliphatic heterocycles. The van der Waals surface area contributed by atoms with Crippen LogP contribution in [0.15, 0.2) is 12.1 Å². The molecule has 0 radical (unpaired) electrons. The summed E-state index contributed by atoms with van der Waals surface area (Å²) in [6.45, 7) is 1.70. The topological polar surface area (TPSA) is 95.4 Å². The van der Waals surface area contributed by atoms with Gasteiger partial charge in [0.15, 0.2) is 0 Å². The summed E-state index contributed by atoms with van der Waals surface area (Å²) >= 11 is 0. The number of hydrogen-bond donors (Lipinski definition) is 2. The van der Waals surface area contributed by atoms with Gasteiger partial charge in [0.2, 0.25) is 0 Å². The van der Waals surface area contributed by atoms with Gasteiger partial charge in [-0.25, -0.2) is 4.79 Å². The lowest BCUT2D eigenvalue weighted by atomic mass is 10.0. The van der Waals surface area contributed by atoms with Crippen LogP contribution in [-0.4, -0.2) is 19.0 Å². The van der Waals surface area contributed by atoms with Crippen molar-refractivity contribution in [2.75, 3.05) is 12.8 Å². The molecular weight excluding hydrogens is 220 g/mol. The molecule has 4 N–H and O–H groups in total. The molecule has 1 amide bonds. The monoisotopic (exact) mass is 232 g/mol. The Kier molecular flexibility index (Phi) is 3.73. The molecule has 1 aromatic rings. The summed E-state index contributed by atoms with van der Waals surface area (Å²) in [7, 11) is 1.28. The number of benzene rings is 1. The number of rotatable bonds is 1. The van der Waals surface area contributed by atoms with E-state index in [1.54, 1.807) is 13.0 Å². The first kappa shape index (κ1) is 12.6. The maximum absolute atomic E-state index is 11.5. The number of hydrogen-bond acceptors (Lipinski definition) is 4. The first-order valence-electron chi connectivity index (χ1n) is 4.75. The Morgan fingerprint density at radius 3 is 2.53 bits per heavy atom. The Morgan fingerprint density at radius 2 is 2.00 bits per heavy atom. The molecule has 5 nitrogen and oxygen atoms in total. The van der Waals surface area contributed by atoms with Crippen molar-refractivity contribution in [3.05, 3.63) is 28.8 Å². The Balaban J connectivity index is 3.30. The van der Waals surface area contributed by atoms with Crippen LogP contribution in [0.5, 0.6) is 0 Å². The van der Waals surface area contributed by atoms with Gasteiger partial charge in [-0.1, -0.05) is 5.92 Å². The largest absolute Gasteiger partial charge is 0.465 e. The number of ether oxygens (including phenoxy) is 1. The van der Waals surface area contributed by atoms with Crippen LogP contribution in [0.3, 0.4) is 0 Å². The van der Waals surface area contributed by atoms with Gasteiger partial charge in [0, 0.05) is 11.3 Å². The number of methoxy groups -OCH3 is 1. The normalized spacial score (nSPS) is 9.06. The van der Waals surface area contributed by atoms with Crippen molar-refractivity contribution in [3.63, 3.8) is 0 Å². The smallest absolute Gasteiger partial charge is 0.338 e. The van der Waals surface area contributed by atoms with E-state index >= 15 is 0 Å². The summed E-state index contributed by atoms with van der Waals surface area (Å²) < 4.78 is 4.62. The van der Waals surface area contributed by atoms with Crippen LogP contribution in [0.25, 0.3) is 0 Å². The fourth-order valence-electron chi connectivity index (χ4n) is 1.26. The van der Waals surface area contributed by atoms with Crippen LogP contribution >= 0.6 is 0 Å². The molecular formula is C12H12N2O3. The highest BCUT2D eigenvalue weighted by molar-refractivity contribution is 5.94. The van der Waals surface area contributed by atoms with Gasteiger partial charge in [0.25, 0.3) is 5.91 Å². The van der Waals surface area contributed by atoms with E-state index in [4.69, 9.17) is 11.5 Å². The second kappa shape index (κ2) is 5.03. The second-order valence-corrected chi connectivity index (χ2v) is 3.34. The van der Waals surface area contributed by atoms with Gasteiger partial charge in [-0.2, -0.15) is 0 Å². The van der Waals surface area contributed by atoms with E-state index in [1.807, 2.05) is 0 Å². The van der Waals surface area contributed by atoms with Crippen LogP contribution < -0.4 is 11.5 Å². The minimum atomic E-state index is -0.747. The van der Waals surface area contributed by atoms with Crippen LogP contribution in [0.1, 0.15) is 21.5 Å². The molecule has 0 fully saturated rings. The zero-order valence-electron chi connectivity index (χ0n) is 9.53. The van der Waals surface area contributed by atoms with Crippen molar-refractivity contribution in [1.82, 2.24) is 0 Å². The van der Waals surface area contributed by atoms with E-state index in [0.717, 1.165) is 0 Å². The third kappa shape index (κ3) is 2.98. The van der Waals surface area contributed by atoms with E-state index in [9.17, 15) is 9.59 Å². The lowest BCUT2D eigenvalue weighted by Gasteiger charge is -2.07. The van der Waals surface area contributed by atoms with Crippen molar-refractivity contribution < 1.29 is 14.3 Å². The third-order valence-corrected chi connectivity index (χ3v) is 2.18. The predicted molar refractivity (Wildman–Crippen MR) is 63.0 cm³/mol. The number of carbonyl (C=O) groups is 2. The highest BCUT2D eigenvalue weighted by Crippen LogP contribution is 2.19. The number of anilines is 1. The highest BCUT2D eigenvalue weighted by Gasteiger charge is 2.12. The summed E-state index contributed by atoms with van der Waals surface area (Å²) in [5.74, 6) is 3.44. The van der Waals surface area contributed by atoms with Crippen molar-refractivity contribution in [2.24, 2.45) is 5.73 Å². The lowest BCUT2D eigenvalue weighted by Crippen LogP contribution is -2.08. The molecule has 0 bridgehead atoms. The minimum Gasteiger partial charge on any atom is -0.465 e. The predicted octanol–water partition coefficient (Wildman–Crippen LogP) is 0.201. The van der Waals surface area contributed by atoms with Gasteiger partial charge in [-0.3, -0.25) is 4.79 Å². The van der Waals surface area contributed by atoms with Crippen LogP contribution in [0.2, 0.25) is 0 Å². The molecule has 0 heterocycles. The summed E-state index contributed by atoms with van der Waals surface area (Å²) in [6, 6.07) is 3.07. The van der Waals surface area contributed by atoms with Gasteiger partial charge >= 0.3 is 5.97 Å². The molecule has 0 spiro atoms. The number of amides is 1. The van der Waals surface area contributed by atoms with E-state index in [-0.39, 0.29) is 0 Å². The van der Waals surface area contributed by atoms with Crippen LogP contribution in [0.4, 0.5) is 5.69 Å². The van der Waals surface area contributed by atoms with E-state index in [1.165, 1.54) is 13.2 Å². The van der Waals surface area contributed by atoms with Gasteiger partial charge in [-0.05, 0) is 30.5 Å². The SMILES string of the molecule is COC(=O)c1cc(C#CC(N)=O)cc(N)c1C. The van der Waals surface area contributed by atoms with Gasteiger partial charge in [-0.15, -0.1) is 0 Å². The van der Waals surface area contributed by atoms with E-state index < -0.39 is 11.9 Å². The number of carbonyl (C=O) groups excluding carboxylic acids is 2. The Bertz CT molecular complexity index is 539. The van der Waals surface area contributed by atoms with Gasteiger partial charge < -0.3 is 16.2 Å². The average molecular weight is 232 g/mol. The minimum absolute atomic E-state index is 0.321. The molecule has 5 heteroatoms. The molecule has 0 unspecified atom stereocenters. The van der Waals surface area contributed by atoms with Crippen LogP contribution in [-0.2, 0) is 9.53 Å². The van der Waals surface area contributed by atoms with Crippen molar-refractivity contribution in [3.8, 4) is 11.8 Å². The Hall–Kier alpha value is -2.48. The molecule has 0 aliphatic rings. The van der Waals surface area contributed by atoms with E-state index in [0.29, 0.717) is 22.4 Å². The Labute approximate surface area is 98.7 Å². The standard InChI is InChI=1S/C12H12N2O3/c1-7-9(12(16)17-2)5-8(6-10(7)13)3-4-11(14)15/h5-6H,13H2,1-2H3,(H2,14,15). The fourth-order valence-corrected chi connectivity index (χ4v) is 1.26. The maximum Gasteiger partial charge on any atom is 0.338 e. The molecule has 0 saturated carbocycles. The summed E-state index contributed by atoms with van der Waals surface area (Å²) in [4.78, 5) is 22.0. The first-order valence-corrected chi connectivity index (χ1v) is 4.75. The average Bonchev–Trinajstić information content (AvgIpc) is 2.29. The molecule has 0 aromatic heterocycles. The maximum atomic E-state index is 11.5. The number of esters is 1. The number of nitrogen functional groups attached to an aromatic ring is 1. The Morgan fingerprint density at radius 1 is 1.35 bits per heavy atom. The van der Waals surface area contributed by atoms with Crippen molar-refractivity contribution in [2.45, 2.75) is 6.92 Å². The lowest BCUT2D eigenvalue weighted by molar-refractivity contribution is -0.112. The summed E-state index contributed by atoms with van der Waals surface area (Å²) in [6.07, 6.45) is 0. The summed E-state index contributed by atoms with van der Waals surface area (Å²) in [5.41, 5.74) is 12.4. The first-order chi connectivity index (χ1) is 7.95. The number of nitrogens with two attached hydrogens (primary N) is 2. The highest BCUT2D eigenvalue weighted by atomic mass is 16.5. The second-order valence-electron chi connectivity index (χ2n) is 3.34. The molecule has 0 saturated heterocycles. The zero-order chi connectivity index (χ0) is 13.0. The zero-order valence-corrected chi connectivity index (χ0v) is 9.53. The summed E-state index contributed by atoms with van der Waals surface area (Å²) in [5, 5.41) is 0. The van der Waals surface area contributed by atoms with Crippen molar-refractivity contribution in [1.29, 1.82) is 0 Å². The van der Waals surface area contributed by atoms with E-state index in [2.05, 4.69) is 16.6 Å².